The summed E-state index contributed by atoms with van der Waals surface area (Å²) in [5, 5.41) is 9.99. The minimum Gasteiger partial charge on any atom is -0.444 e. The van der Waals surface area contributed by atoms with E-state index in [4.69, 9.17) is 4.74 Å². The van der Waals surface area contributed by atoms with Gasteiger partial charge in [0.15, 0.2) is 0 Å². The van der Waals surface area contributed by atoms with E-state index in [1.54, 1.807) is 4.90 Å². The van der Waals surface area contributed by atoms with E-state index in [9.17, 15) is 4.79 Å². The minimum atomic E-state index is -0.499. The summed E-state index contributed by atoms with van der Waals surface area (Å²) in [6.07, 6.45) is 1.18. The van der Waals surface area contributed by atoms with Crippen molar-refractivity contribution in [3.05, 3.63) is 12.2 Å². The molecule has 0 aromatic carbocycles. The molecule has 126 valence electrons. The molecular formula is C15H29N5O2. The van der Waals surface area contributed by atoms with Crippen molar-refractivity contribution in [2.45, 2.75) is 65.6 Å². The van der Waals surface area contributed by atoms with Crippen LogP contribution < -0.4 is 5.32 Å². The molecule has 1 atom stereocenters. The van der Waals surface area contributed by atoms with Crippen molar-refractivity contribution in [3.63, 3.8) is 0 Å². The number of nitrogens with zero attached hydrogens (tertiary/aromatic N) is 3. The number of amides is 1. The van der Waals surface area contributed by atoms with Crippen LogP contribution >= 0.6 is 0 Å². The highest BCUT2D eigenvalue weighted by Crippen LogP contribution is 2.18. The predicted molar refractivity (Wildman–Crippen MR) is 85.5 cm³/mol. The number of hydrogen-bond acceptors (Lipinski definition) is 5. The summed E-state index contributed by atoms with van der Waals surface area (Å²) >= 11 is 0. The number of ether oxygens (including phenoxy) is 1. The van der Waals surface area contributed by atoms with Gasteiger partial charge in [-0.2, -0.15) is 5.10 Å². The molecule has 7 nitrogen and oxygen atoms in total. The fourth-order valence-electron chi connectivity index (χ4n) is 1.93. The van der Waals surface area contributed by atoms with Crippen LogP contribution in [0.1, 0.15) is 60.3 Å². The van der Waals surface area contributed by atoms with Gasteiger partial charge in [0.2, 0.25) is 0 Å². The van der Waals surface area contributed by atoms with Crippen LogP contribution in [0.25, 0.3) is 0 Å². The Balaban J connectivity index is 2.57. The van der Waals surface area contributed by atoms with Crippen LogP contribution in [-0.4, -0.2) is 50.4 Å². The Hall–Kier alpha value is -1.63. The number of nitrogens with one attached hydrogen (secondary N) is 2. The first kappa shape index (κ1) is 18.4. The summed E-state index contributed by atoms with van der Waals surface area (Å²) in [6, 6.07) is 0.0444. The van der Waals surface area contributed by atoms with Crippen LogP contribution in [0.2, 0.25) is 0 Å². The van der Waals surface area contributed by atoms with Crippen LogP contribution in [0.4, 0.5) is 4.79 Å². The summed E-state index contributed by atoms with van der Waals surface area (Å²) < 4.78 is 5.49. The van der Waals surface area contributed by atoms with E-state index in [0.717, 1.165) is 5.82 Å². The lowest BCUT2D eigenvalue weighted by Crippen LogP contribution is -2.50. The van der Waals surface area contributed by atoms with Gasteiger partial charge in [0.25, 0.3) is 0 Å². The maximum atomic E-state index is 12.4. The van der Waals surface area contributed by atoms with Crippen LogP contribution in [0.5, 0.6) is 0 Å². The minimum absolute atomic E-state index is 0.0444. The van der Waals surface area contributed by atoms with Gasteiger partial charge in [0.1, 0.15) is 17.8 Å². The molecule has 1 rings (SSSR count). The van der Waals surface area contributed by atoms with Crippen molar-refractivity contribution >= 4 is 6.09 Å². The van der Waals surface area contributed by atoms with E-state index in [-0.39, 0.29) is 17.7 Å². The van der Waals surface area contributed by atoms with Crippen LogP contribution in [0.3, 0.4) is 0 Å². The van der Waals surface area contributed by atoms with Crippen molar-refractivity contribution in [3.8, 4) is 0 Å². The van der Waals surface area contributed by atoms with Gasteiger partial charge < -0.3 is 15.0 Å². The molecule has 0 saturated carbocycles. The molecule has 22 heavy (non-hydrogen) atoms. The largest absolute Gasteiger partial charge is 0.444 e. The maximum absolute atomic E-state index is 12.4. The molecule has 2 N–H and O–H groups in total. The third-order valence-corrected chi connectivity index (χ3v) is 3.05. The Morgan fingerprint density at radius 2 is 2.00 bits per heavy atom. The Kier molecular flexibility index (Phi) is 5.93. The van der Waals surface area contributed by atoms with Crippen molar-refractivity contribution in [2.75, 3.05) is 13.1 Å². The van der Waals surface area contributed by atoms with E-state index >= 15 is 0 Å². The quantitative estimate of drug-likeness (QED) is 0.873. The van der Waals surface area contributed by atoms with Crippen molar-refractivity contribution < 1.29 is 9.53 Å². The molecule has 0 fully saturated rings. The fraction of sp³-hybridized carbons (Fsp3) is 0.800. The highest BCUT2D eigenvalue weighted by Gasteiger charge is 2.30. The molecule has 1 amide bonds. The van der Waals surface area contributed by atoms with Gasteiger partial charge >= 0.3 is 6.09 Å². The predicted octanol–water partition coefficient (Wildman–Crippen LogP) is 2.49. The highest BCUT2D eigenvalue weighted by molar-refractivity contribution is 5.69. The first-order valence-electron chi connectivity index (χ1n) is 7.60. The summed E-state index contributed by atoms with van der Waals surface area (Å²) in [7, 11) is 0. The second-order valence-electron chi connectivity index (χ2n) is 7.35. The molecule has 1 heterocycles. The number of carbonyl (C=O) groups is 1. The first-order valence-corrected chi connectivity index (χ1v) is 7.60. The lowest BCUT2D eigenvalue weighted by atomic mass is 10.1. The van der Waals surface area contributed by atoms with E-state index in [1.807, 2.05) is 48.5 Å². The number of aromatic nitrogens is 3. The third-order valence-electron chi connectivity index (χ3n) is 3.05. The van der Waals surface area contributed by atoms with Gasteiger partial charge in [0.05, 0.1) is 6.04 Å². The molecule has 1 unspecified atom stereocenters. The smallest absolute Gasteiger partial charge is 0.410 e. The molecule has 1 aromatic heterocycles. The second-order valence-corrected chi connectivity index (χ2v) is 7.35. The van der Waals surface area contributed by atoms with Crippen LogP contribution in [-0.2, 0) is 4.74 Å². The van der Waals surface area contributed by atoms with Crippen LogP contribution in [0, 0.1) is 0 Å². The first-order chi connectivity index (χ1) is 10.0. The Labute approximate surface area is 132 Å². The summed E-state index contributed by atoms with van der Waals surface area (Å²) in [4.78, 5) is 18.2. The molecule has 0 aliphatic carbocycles. The molecule has 1 aromatic rings. The van der Waals surface area contributed by atoms with E-state index < -0.39 is 5.60 Å². The fourth-order valence-corrected chi connectivity index (χ4v) is 1.93. The van der Waals surface area contributed by atoms with Crippen molar-refractivity contribution in [1.29, 1.82) is 0 Å². The van der Waals surface area contributed by atoms with Gasteiger partial charge in [-0.1, -0.05) is 0 Å². The average molecular weight is 311 g/mol. The third kappa shape index (κ3) is 6.01. The second kappa shape index (κ2) is 7.09. The summed E-state index contributed by atoms with van der Waals surface area (Å²) in [5.74, 6) is 0.777. The Bertz CT molecular complexity index is 459. The Morgan fingerprint density at radius 1 is 1.36 bits per heavy atom. The Morgan fingerprint density at radius 3 is 2.45 bits per heavy atom. The zero-order chi connectivity index (χ0) is 17.0. The molecule has 0 aliphatic heterocycles. The number of rotatable bonds is 5. The molecule has 7 heteroatoms. The average Bonchev–Trinajstić information content (AvgIpc) is 2.83. The van der Waals surface area contributed by atoms with E-state index in [2.05, 4.69) is 20.5 Å². The SMILES string of the molecule is CC(NCCN(C(=O)OC(C)(C)C)C(C)(C)C)c1ncn[nH]1. The van der Waals surface area contributed by atoms with E-state index in [0.29, 0.717) is 13.1 Å². The zero-order valence-corrected chi connectivity index (χ0v) is 14.7. The number of carbonyl (C=O) groups excluding carboxylic acids is 1. The standard InChI is InChI=1S/C15H29N5O2/c1-11(12-17-10-18-19-12)16-8-9-20(14(2,3)4)13(21)22-15(5,6)7/h10-11,16H,8-9H2,1-7H3,(H,17,18,19). The van der Waals surface area contributed by atoms with Gasteiger partial charge in [0, 0.05) is 18.6 Å². The number of hydrogen-bond donors (Lipinski definition) is 2. The van der Waals surface area contributed by atoms with Crippen LogP contribution in [0.15, 0.2) is 6.33 Å². The van der Waals surface area contributed by atoms with Gasteiger partial charge in [-0.05, 0) is 48.5 Å². The monoisotopic (exact) mass is 311 g/mol. The zero-order valence-electron chi connectivity index (χ0n) is 14.7. The summed E-state index contributed by atoms with van der Waals surface area (Å²) in [6.45, 7) is 14.8. The van der Waals surface area contributed by atoms with Gasteiger partial charge in [-0.25, -0.2) is 9.78 Å². The normalized spacial score (nSPS) is 13.8. The molecule has 0 bridgehead atoms. The lowest BCUT2D eigenvalue weighted by Gasteiger charge is -2.37. The number of aromatic amines is 1. The van der Waals surface area contributed by atoms with Gasteiger partial charge in [-0.15, -0.1) is 0 Å². The highest BCUT2D eigenvalue weighted by atomic mass is 16.6. The lowest BCUT2D eigenvalue weighted by molar-refractivity contribution is 0.00648. The number of H-pyrrole nitrogens is 1. The van der Waals surface area contributed by atoms with Crippen molar-refractivity contribution in [2.24, 2.45) is 0 Å². The van der Waals surface area contributed by atoms with E-state index in [1.165, 1.54) is 6.33 Å². The molecule has 0 spiro atoms. The van der Waals surface area contributed by atoms with Crippen molar-refractivity contribution in [1.82, 2.24) is 25.4 Å². The summed E-state index contributed by atoms with van der Waals surface area (Å²) in [5.41, 5.74) is -0.805. The molecule has 0 saturated heterocycles. The molecule has 0 aliphatic rings. The topological polar surface area (TPSA) is 83.1 Å². The molecule has 0 radical (unpaired) electrons. The van der Waals surface area contributed by atoms with Gasteiger partial charge in [-0.3, -0.25) is 5.10 Å². The molecular weight excluding hydrogens is 282 g/mol. The maximum Gasteiger partial charge on any atom is 0.410 e.